The number of benzene rings is 2. The third kappa shape index (κ3) is 2.77. The van der Waals surface area contributed by atoms with E-state index in [0.717, 1.165) is 11.1 Å². The molecule has 25 heavy (non-hydrogen) atoms. The van der Waals surface area contributed by atoms with Gasteiger partial charge < -0.3 is 9.64 Å². The predicted octanol–water partition coefficient (Wildman–Crippen LogP) is 4.22. The summed E-state index contributed by atoms with van der Waals surface area (Å²) in [5.74, 6) is -0.0985. The molecule has 0 saturated carbocycles. The molecule has 1 aliphatic heterocycles. The zero-order chi connectivity index (χ0) is 18.1. The van der Waals surface area contributed by atoms with E-state index in [2.05, 4.69) is 24.3 Å². The zero-order valence-corrected chi connectivity index (χ0v) is 15.5. The minimum absolute atomic E-state index is 0.161. The molecule has 1 fully saturated rings. The van der Waals surface area contributed by atoms with Crippen molar-refractivity contribution in [3.63, 3.8) is 0 Å². The van der Waals surface area contributed by atoms with E-state index in [-0.39, 0.29) is 11.8 Å². The maximum absolute atomic E-state index is 13.4. The van der Waals surface area contributed by atoms with Crippen LogP contribution < -0.4 is 0 Å². The third-order valence-corrected chi connectivity index (χ3v) is 5.25. The van der Waals surface area contributed by atoms with Gasteiger partial charge in [0.1, 0.15) is 11.5 Å². The molecule has 0 aliphatic carbocycles. The maximum Gasteiger partial charge on any atom is 0.232 e. The van der Waals surface area contributed by atoms with Crippen molar-refractivity contribution < 1.29 is 9.53 Å². The normalized spacial score (nSPS) is 20.6. The summed E-state index contributed by atoms with van der Waals surface area (Å²) in [5, 5.41) is 0. The van der Waals surface area contributed by atoms with Crippen molar-refractivity contribution in [3.8, 4) is 0 Å². The van der Waals surface area contributed by atoms with E-state index in [1.54, 1.807) is 0 Å². The second kappa shape index (κ2) is 6.64. The Morgan fingerprint density at radius 3 is 1.72 bits per heavy atom. The maximum atomic E-state index is 13.4. The molecule has 1 amide bonds. The van der Waals surface area contributed by atoms with Crippen LogP contribution in [0.4, 0.5) is 0 Å². The molecule has 2 aromatic carbocycles. The Labute approximate surface area is 150 Å². The monoisotopic (exact) mass is 337 g/mol. The number of carbonyl (C=O) groups is 1. The Bertz CT molecular complexity index is 681. The Balaban J connectivity index is 2.17. The van der Waals surface area contributed by atoms with Gasteiger partial charge >= 0.3 is 0 Å². The van der Waals surface area contributed by atoms with Gasteiger partial charge in [-0.1, -0.05) is 60.7 Å². The van der Waals surface area contributed by atoms with Gasteiger partial charge in [-0.3, -0.25) is 4.79 Å². The summed E-state index contributed by atoms with van der Waals surface area (Å²) in [5.41, 5.74) is 0.828. The number of rotatable bonds is 5. The molecule has 3 rings (SSSR count). The van der Waals surface area contributed by atoms with Crippen LogP contribution in [0.2, 0.25) is 0 Å². The van der Waals surface area contributed by atoms with Crippen LogP contribution in [0, 0.1) is 5.92 Å². The summed E-state index contributed by atoms with van der Waals surface area (Å²) in [7, 11) is 0. The molecule has 132 valence electrons. The summed E-state index contributed by atoms with van der Waals surface area (Å²) in [6.07, 6.45) is 0. The van der Waals surface area contributed by atoms with Crippen molar-refractivity contribution in [2.24, 2.45) is 5.92 Å². The van der Waals surface area contributed by atoms with Gasteiger partial charge in [0, 0.05) is 13.1 Å². The van der Waals surface area contributed by atoms with E-state index >= 15 is 0 Å². The van der Waals surface area contributed by atoms with Crippen LogP contribution in [0.1, 0.15) is 38.8 Å². The fourth-order valence-electron chi connectivity index (χ4n) is 4.14. The first kappa shape index (κ1) is 17.7. The van der Waals surface area contributed by atoms with Gasteiger partial charge in [-0.25, -0.2) is 0 Å². The van der Waals surface area contributed by atoms with E-state index in [9.17, 15) is 4.79 Å². The minimum Gasteiger partial charge on any atom is -0.358 e. The quantitative estimate of drug-likeness (QED) is 0.817. The Kier molecular flexibility index (Phi) is 4.70. The lowest BCUT2D eigenvalue weighted by Crippen LogP contribution is -2.69. The first-order chi connectivity index (χ1) is 12.0. The van der Waals surface area contributed by atoms with E-state index < -0.39 is 11.2 Å². The van der Waals surface area contributed by atoms with Crippen molar-refractivity contribution in [1.29, 1.82) is 0 Å². The molecule has 3 heteroatoms. The van der Waals surface area contributed by atoms with Gasteiger partial charge in [0.15, 0.2) is 0 Å². The molecule has 0 N–H and O–H groups in total. The second-order valence-corrected chi connectivity index (χ2v) is 7.12. The topological polar surface area (TPSA) is 29.5 Å². The zero-order valence-electron chi connectivity index (χ0n) is 15.5. The van der Waals surface area contributed by atoms with Gasteiger partial charge in [0.05, 0.1) is 5.60 Å². The number of amides is 1. The number of nitrogens with zero attached hydrogens (tertiary/aromatic N) is 1. The lowest BCUT2D eigenvalue weighted by molar-refractivity contribution is -0.290. The number of hydrogen-bond donors (Lipinski definition) is 0. The fraction of sp³-hybridized carbons (Fsp3) is 0.409. The van der Waals surface area contributed by atoms with Crippen LogP contribution in [0.15, 0.2) is 60.7 Å². The van der Waals surface area contributed by atoms with Crippen LogP contribution in [0.3, 0.4) is 0 Å². The molecule has 1 aliphatic rings. The minimum atomic E-state index is -0.730. The van der Waals surface area contributed by atoms with Gasteiger partial charge in [-0.05, 0) is 38.8 Å². The van der Waals surface area contributed by atoms with Crippen LogP contribution >= 0.6 is 0 Å². The van der Waals surface area contributed by atoms with E-state index in [0.29, 0.717) is 13.1 Å². The highest BCUT2D eigenvalue weighted by Crippen LogP contribution is 2.57. The molecular formula is C22H27NO2. The molecule has 0 aromatic heterocycles. The van der Waals surface area contributed by atoms with Crippen molar-refractivity contribution >= 4 is 5.91 Å². The van der Waals surface area contributed by atoms with Crippen LogP contribution in [0.5, 0.6) is 0 Å². The fourth-order valence-corrected chi connectivity index (χ4v) is 4.14. The summed E-state index contributed by atoms with van der Waals surface area (Å²) < 4.78 is 6.51. The highest BCUT2D eigenvalue weighted by Gasteiger charge is 2.65. The van der Waals surface area contributed by atoms with Crippen molar-refractivity contribution in [2.75, 3.05) is 13.1 Å². The molecular weight excluding hydrogens is 310 g/mol. The Morgan fingerprint density at radius 2 is 1.36 bits per heavy atom. The first-order valence-corrected chi connectivity index (χ1v) is 9.07. The van der Waals surface area contributed by atoms with E-state index in [4.69, 9.17) is 4.74 Å². The van der Waals surface area contributed by atoms with E-state index in [1.165, 1.54) is 0 Å². The average Bonchev–Trinajstić information content (AvgIpc) is 2.62. The lowest BCUT2D eigenvalue weighted by atomic mass is 9.63. The number of carbonyl (C=O) groups excluding carboxylic acids is 1. The van der Waals surface area contributed by atoms with Gasteiger partial charge in [0.2, 0.25) is 5.91 Å². The summed E-state index contributed by atoms with van der Waals surface area (Å²) in [6, 6.07) is 20.3. The van der Waals surface area contributed by atoms with E-state index in [1.807, 2.05) is 69.0 Å². The number of ether oxygens (including phenoxy) is 1. The van der Waals surface area contributed by atoms with Gasteiger partial charge in [-0.15, -0.1) is 0 Å². The summed E-state index contributed by atoms with van der Waals surface area (Å²) in [4.78, 5) is 15.3. The average molecular weight is 337 g/mol. The molecule has 0 spiro atoms. The summed E-state index contributed by atoms with van der Waals surface area (Å²) >= 11 is 0. The van der Waals surface area contributed by atoms with Crippen LogP contribution in [0.25, 0.3) is 0 Å². The number of hydrogen-bond acceptors (Lipinski definition) is 2. The Hall–Kier alpha value is -2.13. The third-order valence-electron chi connectivity index (χ3n) is 5.25. The standard InChI is InChI=1S/C22H27NO2/c1-5-23(6-2)20(24)19-21(3,4)25-22(19,17-13-9-7-10-14-17)18-15-11-8-12-16-18/h7-16,19H,5-6H2,1-4H3. The second-order valence-electron chi connectivity index (χ2n) is 7.12. The highest BCUT2D eigenvalue weighted by molar-refractivity contribution is 5.84. The molecule has 1 atom stereocenters. The molecule has 3 nitrogen and oxygen atoms in total. The molecule has 2 aromatic rings. The molecule has 0 radical (unpaired) electrons. The van der Waals surface area contributed by atoms with Crippen molar-refractivity contribution in [1.82, 2.24) is 4.90 Å². The molecule has 1 heterocycles. The molecule has 1 unspecified atom stereocenters. The first-order valence-electron chi connectivity index (χ1n) is 9.07. The smallest absolute Gasteiger partial charge is 0.232 e. The lowest BCUT2D eigenvalue weighted by Gasteiger charge is -2.60. The molecule has 0 bridgehead atoms. The SMILES string of the molecule is CCN(CC)C(=O)C1C(C)(C)OC1(c1ccccc1)c1ccccc1. The largest absolute Gasteiger partial charge is 0.358 e. The van der Waals surface area contributed by atoms with Gasteiger partial charge in [-0.2, -0.15) is 0 Å². The van der Waals surface area contributed by atoms with Crippen molar-refractivity contribution in [3.05, 3.63) is 71.8 Å². The van der Waals surface area contributed by atoms with Gasteiger partial charge in [0.25, 0.3) is 0 Å². The summed E-state index contributed by atoms with van der Waals surface area (Å²) in [6.45, 7) is 9.51. The highest BCUT2D eigenvalue weighted by atomic mass is 16.6. The Morgan fingerprint density at radius 1 is 0.920 bits per heavy atom. The van der Waals surface area contributed by atoms with Crippen LogP contribution in [-0.4, -0.2) is 29.5 Å². The van der Waals surface area contributed by atoms with Crippen LogP contribution in [-0.2, 0) is 15.1 Å². The van der Waals surface area contributed by atoms with Crippen molar-refractivity contribution in [2.45, 2.75) is 38.9 Å². The predicted molar refractivity (Wildman–Crippen MR) is 100 cm³/mol. The molecule has 1 saturated heterocycles.